The van der Waals surface area contributed by atoms with Gasteiger partial charge in [-0.3, -0.25) is 9.59 Å². The summed E-state index contributed by atoms with van der Waals surface area (Å²) >= 11 is 0. The predicted molar refractivity (Wildman–Crippen MR) is 116 cm³/mol. The van der Waals surface area contributed by atoms with Crippen molar-refractivity contribution in [3.05, 3.63) is 29.5 Å². The topological polar surface area (TPSA) is 94.7 Å². The van der Waals surface area contributed by atoms with E-state index < -0.39 is 17.7 Å². The number of fused-ring (bicyclic) bond motifs is 4. The van der Waals surface area contributed by atoms with Crippen molar-refractivity contribution >= 4 is 22.7 Å². The monoisotopic (exact) mass is 415 g/mol. The van der Waals surface area contributed by atoms with Crippen molar-refractivity contribution in [2.45, 2.75) is 71.7 Å². The number of nitrogens with one attached hydrogen (secondary N) is 2. The van der Waals surface area contributed by atoms with Gasteiger partial charge >= 0.3 is 0 Å². The van der Waals surface area contributed by atoms with Crippen molar-refractivity contribution in [1.29, 1.82) is 0 Å². The van der Waals surface area contributed by atoms with Crippen molar-refractivity contribution in [3.63, 3.8) is 0 Å². The first kappa shape index (κ1) is 22.2. The first-order chi connectivity index (χ1) is 14.0. The van der Waals surface area contributed by atoms with Crippen LogP contribution in [0.5, 0.6) is 5.75 Å². The van der Waals surface area contributed by atoms with E-state index in [1.807, 2.05) is 18.2 Å². The van der Waals surface area contributed by atoms with E-state index in [9.17, 15) is 14.7 Å². The number of aromatic amines is 1. The third-order valence-electron chi connectivity index (χ3n) is 5.21. The lowest BCUT2D eigenvalue weighted by Gasteiger charge is -2.42. The van der Waals surface area contributed by atoms with E-state index in [0.29, 0.717) is 13.0 Å². The number of carbonyl (C=O) groups excluding carboxylic acids is 2. The molecule has 30 heavy (non-hydrogen) atoms. The summed E-state index contributed by atoms with van der Waals surface area (Å²) in [6.07, 6.45) is 0.673. The van der Waals surface area contributed by atoms with Crippen LogP contribution in [0.25, 0.3) is 10.9 Å². The van der Waals surface area contributed by atoms with E-state index >= 15 is 0 Å². The van der Waals surface area contributed by atoms with E-state index in [2.05, 4.69) is 31.1 Å². The molecule has 2 aromatic rings. The minimum atomic E-state index is -1.03. The van der Waals surface area contributed by atoms with Crippen LogP contribution < -0.4 is 10.1 Å². The van der Waals surface area contributed by atoms with Gasteiger partial charge in [0, 0.05) is 35.5 Å². The second-order valence-electron chi connectivity index (χ2n) is 9.49. The lowest BCUT2D eigenvalue weighted by Crippen LogP contribution is -2.65. The lowest BCUT2D eigenvalue weighted by molar-refractivity contribution is -0.152. The Kier molecular flexibility index (Phi) is 6.13. The van der Waals surface area contributed by atoms with Crippen molar-refractivity contribution in [2.24, 2.45) is 5.92 Å². The van der Waals surface area contributed by atoms with E-state index in [1.54, 1.807) is 25.9 Å². The van der Waals surface area contributed by atoms with Gasteiger partial charge in [0.2, 0.25) is 11.8 Å². The van der Waals surface area contributed by atoms with Crippen LogP contribution in [0.2, 0.25) is 0 Å². The molecule has 0 saturated carbocycles. The third-order valence-corrected chi connectivity index (χ3v) is 5.21. The molecule has 1 aromatic carbocycles. The molecule has 164 valence electrons. The molecule has 2 atom stereocenters. The number of nitrogens with zero attached hydrogens (tertiary/aromatic N) is 1. The molecule has 7 heteroatoms. The first-order valence-corrected chi connectivity index (χ1v) is 10.5. The van der Waals surface area contributed by atoms with Crippen LogP contribution in [0.3, 0.4) is 0 Å². The Bertz CT molecular complexity index is 939. The summed E-state index contributed by atoms with van der Waals surface area (Å²) in [5.74, 6) is 1.29. The number of piperazine rings is 1. The molecule has 2 aliphatic rings. The number of aliphatic hydroxyl groups is 1. The molecule has 0 bridgehead atoms. The number of ether oxygens (including phenoxy) is 1. The van der Waals surface area contributed by atoms with Gasteiger partial charge in [-0.1, -0.05) is 20.8 Å². The minimum absolute atomic E-state index is 0.140. The number of hydrogen-bond donors (Lipinski definition) is 3. The maximum absolute atomic E-state index is 12.9. The second-order valence-corrected chi connectivity index (χ2v) is 9.49. The number of rotatable bonds is 3. The maximum atomic E-state index is 12.9. The van der Waals surface area contributed by atoms with Gasteiger partial charge in [0.1, 0.15) is 17.8 Å². The smallest absolute Gasteiger partial charge is 0.246 e. The normalized spacial score (nSPS) is 21.0. The molecule has 7 nitrogen and oxygen atoms in total. The Morgan fingerprint density at radius 1 is 1.27 bits per heavy atom. The van der Waals surface area contributed by atoms with E-state index in [-0.39, 0.29) is 18.2 Å². The molecule has 1 fully saturated rings. The zero-order chi connectivity index (χ0) is 22.2. The highest BCUT2D eigenvalue weighted by Gasteiger charge is 2.45. The minimum Gasteiger partial charge on any atom is -0.497 e. The van der Waals surface area contributed by atoms with Crippen LogP contribution in [0.1, 0.15) is 52.3 Å². The van der Waals surface area contributed by atoms with Gasteiger partial charge in [0.25, 0.3) is 0 Å². The van der Waals surface area contributed by atoms with Crippen molar-refractivity contribution in [2.75, 3.05) is 7.11 Å². The van der Waals surface area contributed by atoms with Gasteiger partial charge in [-0.05, 0) is 37.5 Å². The highest BCUT2D eigenvalue weighted by Crippen LogP contribution is 2.34. The Labute approximate surface area is 177 Å². The molecule has 3 heterocycles. The predicted octanol–water partition coefficient (Wildman–Crippen LogP) is 2.75. The summed E-state index contributed by atoms with van der Waals surface area (Å²) in [7, 11) is 1.62. The Morgan fingerprint density at radius 3 is 2.53 bits per heavy atom. The molecule has 2 amide bonds. The summed E-state index contributed by atoms with van der Waals surface area (Å²) in [5.41, 5.74) is 1.94. The number of benzene rings is 1. The molecule has 2 aliphatic heterocycles. The number of amides is 2. The van der Waals surface area contributed by atoms with Gasteiger partial charge in [-0.25, -0.2) is 0 Å². The standard InChI is InChI=1S/C19H23N3O4.C4H10/c1-19(2,25)8-14-18(24)22-9-15-12(7-16(22)17(23)21-14)11-5-4-10(26-3)6-13(11)20-15;1-4(2)3/h4-6,14,16,20,25H,7-9H2,1-3H3,(H,21,23);4H,1-3H3. The Morgan fingerprint density at radius 2 is 1.93 bits per heavy atom. The zero-order valence-electron chi connectivity index (χ0n) is 18.7. The van der Waals surface area contributed by atoms with Crippen LogP contribution in [-0.4, -0.2) is 51.6 Å². The molecule has 3 N–H and O–H groups in total. The fourth-order valence-corrected chi connectivity index (χ4v) is 4.00. The molecular weight excluding hydrogens is 382 g/mol. The largest absolute Gasteiger partial charge is 0.497 e. The first-order valence-electron chi connectivity index (χ1n) is 10.5. The van der Waals surface area contributed by atoms with Gasteiger partial charge in [-0.2, -0.15) is 0 Å². The lowest BCUT2D eigenvalue weighted by atomic mass is 9.90. The molecule has 0 radical (unpaired) electrons. The van der Waals surface area contributed by atoms with Gasteiger partial charge in [0.05, 0.1) is 19.3 Å². The van der Waals surface area contributed by atoms with Crippen molar-refractivity contribution < 1.29 is 19.4 Å². The summed E-state index contributed by atoms with van der Waals surface area (Å²) in [4.78, 5) is 30.5. The Balaban J connectivity index is 0.000000589. The van der Waals surface area contributed by atoms with Gasteiger partial charge in [0.15, 0.2) is 0 Å². The molecule has 0 spiro atoms. The SMILES string of the molecule is CC(C)C.COc1ccc2c3c([nH]c2c1)CN1C(=O)C(CC(C)(C)O)NC(=O)C1C3. The average Bonchev–Trinajstić information content (AvgIpc) is 2.99. The third kappa shape index (κ3) is 4.61. The van der Waals surface area contributed by atoms with E-state index in [4.69, 9.17) is 4.74 Å². The number of carbonyl (C=O) groups is 2. The van der Waals surface area contributed by atoms with E-state index in [1.165, 1.54) is 0 Å². The summed E-state index contributed by atoms with van der Waals surface area (Å²) in [5, 5.41) is 13.9. The van der Waals surface area contributed by atoms with Crippen LogP contribution >= 0.6 is 0 Å². The van der Waals surface area contributed by atoms with Gasteiger partial charge in [-0.15, -0.1) is 0 Å². The molecule has 4 rings (SSSR count). The summed E-state index contributed by atoms with van der Waals surface area (Å²) in [6, 6.07) is 4.61. The van der Waals surface area contributed by atoms with Gasteiger partial charge < -0.3 is 25.0 Å². The fraction of sp³-hybridized carbons (Fsp3) is 0.565. The molecular formula is C23H33N3O4. The highest BCUT2D eigenvalue weighted by atomic mass is 16.5. The van der Waals surface area contributed by atoms with Crippen LogP contribution in [-0.2, 0) is 22.6 Å². The zero-order valence-corrected chi connectivity index (χ0v) is 18.7. The summed E-state index contributed by atoms with van der Waals surface area (Å²) < 4.78 is 5.27. The molecule has 1 saturated heterocycles. The number of methoxy groups -OCH3 is 1. The fourth-order valence-electron chi connectivity index (χ4n) is 4.00. The van der Waals surface area contributed by atoms with E-state index in [0.717, 1.165) is 33.8 Å². The number of aromatic nitrogens is 1. The molecule has 2 unspecified atom stereocenters. The highest BCUT2D eigenvalue weighted by molar-refractivity contribution is 5.98. The Hall–Kier alpha value is -2.54. The molecule has 0 aliphatic carbocycles. The second kappa shape index (κ2) is 8.30. The molecule has 1 aromatic heterocycles. The van der Waals surface area contributed by atoms with Crippen molar-refractivity contribution in [1.82, 2.24) is 15.2 Å². The average molecular weight is 416 g/mol. The number of hydrogen-bond acceptors (Lipinski definition) is 4. The summed E-state index contributed by atoms with van der Waals surface area (Å²) in [6.45, 7) is 10.1. The number of H-pyrrole nitrogens is 1. The quantitative estimate of drug-likeness (QED) is 0.718. The van der Waals surface area contributed by atoms with Crippen LogP contribution in [0, 0.1) is 5.92 Å². The van der Waals surface area contributed by atoms with Crippen molar-refractivity contribution in [3.8, 4) is 5.75 Å². The van der Waals surface area contributed by atoms with Crippen LogP contribution in [0.15, 0.2) is 18.2 Å². The maximum Gasteiger partial charge on any atom is 0.246 e. The van der Waals surface area contributed by atoms with Crippen LogP contribution in [0.4, 0.5) is 0 Å².